The number of aryl methyl sites for hydroxylation is 2. The number of thiocarbonyl (C=S) groups is 1. The van der Waals surface area contributed by atoms with Crippen LogP contribution < -0.4 is 5.32 Å². The summed E-state index contributed by atoms with van der Waals surface area (Å²) in [5.41, 5.74) is 6.05. The van der Waals surface area contributed by atoms with Crippen LogP contribution in [0, 0.1) is 13.8 Å². The van der Waals surface area contributed by atoms with Crippen LogP contribution in [0.4, 0.5) is 5.69 Å². The predicted octanol–water partition coefficient (Wildman–Crippen LogP) is 5.93. The smallest absolute Gasteiger partial charge is 0.0435 e. The maximum absolute atomic E-state index is 6.08. The van der Waals surface area contributed by atoms with Gasteiger partial charge in [-0.25, -0.2) is 0 Å². The largest absolute Gasteiger partial charge is 0.383 e. The first-order valence-electron chi connectivity index (χ1n) is 7.98. The number of nitrogens with one attached hydrogen (secondary N) is 1. The van der Waals surface area contributed by atoms with Crippen molar-refractivity contribution in [2.24, 2.45) is 0 Å². The average molecular weight is 346 g/mol. The second-order valence-corrected chi connectivity index (χ2v) is 7.41. The number of halogens is 1. The highest BCUT2D eigenvalue weighted by atomic mass is 35.5. The van der Waals surface area contributed by atoms with Gasteiger partial charge in [0.1, 0.15) is 0 Å². The summed E-state index contributed by atoms with van der Waals surface area (Å²) in [6.45, 7) is 8.46. The molecule has 2 aromatic carbocycles. The molecule has 0 radical (unpaired) electrons. The van der Waals surface area contributed by atoms with Crippen molar-refractivity contribution in [1.82, 2.24) is 0 Å². The summed E-state index contributed by atoms with van der Waals surface area (Å²) >= 11 is 11.7. The molecule has 122 valence electrons. The van der Waals surface area contributed by atoms with E-state index in [9.17, 15) is 0 Å². The molecule has 0 amide bonds. The van der Waals surface area contributed by atoms with E-state index in [-0.39, 0.29) is 0 Å². The minimum absolute atomic E-state index is 0.424. The molecule has 0 fully saturated rings. The molecule has 0 aliphatic rings. The Balaban J connectivity index is 2.06. The van der Waals surface area contributed by atoms with E-state index in [4.69, 9.17) is 23.8 Å². The number of rotatable bonds is 6. The fourth-order valence-corrected chi connectivity index (χ4v) is 3.03. The van der Waals surface area contributed by atoms with Gasteiger partial charge in [-0.3, -0.25) is 0 Å². The first-order valence-corrected chi connectivity index (χ1v) is 8.76. The highest BCUT2D eigenvalue weighted by Gasteiger charge is 2.06. The number of hydrogen-bond acceptors (Lipinski definition) is 2. The van der Waals surface area contributed by atoms with Crippen molar-refractivity contribution >= 4 is 34.4 Å². The third-order valence-corrected chi connectivity index (χ3v) is 4.48. The van der Waals surface area contributed by atoms with E-state index in [2.05, 4.69) is 56.4 Å². The molecular formula is C20H24ClNS. The van der Waals surface area contributed by atoms with Crippen molar-refractivity contribution in [2.75, 3.05) is 5.32 Å². The number of benzene rings is 2. The first kappa shape index (κ1) is 18.0. The minimum atomic E-state index is 0.424. The Hall–Kier alpha value is -1.38. The van der Waals surface area contributed by atoms with Gasteiger partial charge in [0.05, 0.1) is 0 Å². The number of hydrogen-bond donors (Lipinski definition) is 1. The van der Waals surface area contributed by atoms with Crippen LogP contribution in [0.25, 0.3) is 0 Å². The Labute approximate surface area is 150 Å². The van der Waals surface area contributed by atoms with Crippen molar-refractivity contribution in [3.63, 3.8) is 0 Å². The molecule has 0 saturated heterocycles. The zero-order valence-electron chi connectivity index (χ0n) is 14.2. The highest BCUT2D eigenvalue weighted by molar-refractivity contribution is 7.80. The quantitative estimate of drug-likeness (QED) is 0.651. The van der Waals surface area contributed by atoms with Crippen LogP contribution >= 0.6 is 23.8 Å². The lowest BCUT2D eigenvalue weighted by Crippen LogP contribution is -2.11. The maximum atomic E-state index is 6.08. The van der Waals surface area contributed by atoms with Crippen LogP contribution in [-0.2, 0) is 12.8 Å². The first-order chi connectivity index (χ1) is 10.8. The van der Waals surface area contributed by atoms with Crippen LogP contribution in [0.2, 0.25) is 5.02 Å². The summed E-state index contributed by atoms with van der Waals surface area (Å²) in [6.07, 6.45) is 1.64. The van der Waals surface area contributed by atoms with Crippen LogP contribution in [0.3, 0.4) is 0 Å². The Kier molecular flexibility index (Phi) is 6.20. The molecule has 1 nitrogen and oxygen atoms in total. The van der Waals surface area contributed by atoms with E-state index in [1.807, 2.05) is 13.0 Å². The average Bonchev–Trinajstić information content (AvgIpc) is 2.46. The van der Waals surface area contributed by atoms with Gasteiger partial charge >= 0.3 is 0 Å². The maximum Gasteiger partial charge on any atom is 0.0435 e. The third-order valence-electron chi connectivity index (χ3n) is 3.77. The fourth-order valence-electron chi connectivity index (χ4n) is 2.58. The Morgan fingerprint density at radius 2 is 1.61 bits per heavy atom. The van der Waals surface area contributed by atoms with E-state index >= 15 is 0 Å². The Morgan fingerprint density at radius 3 is 2.22 bits per heavy atom. The molecule has 0 spiro atoms. The molecule has 0 aliphatic heterocycles. The molecule has 2 rings (SSSR count). The Morgan fingerprint density at radius 1 is 1.00 bits per heavy atom. The summed E-state index contributed by atoms with van der Waals surface area (Å²) in [6, 6.07) is 13.1. The van der Waals surface area contributed by atoms with Gasteiger partial charge in [0.15, 0.2) is 0 Å². The monoisotopic (exact) mass is 345 g/mol. The highest BCUT2D eigenvalue weighted by Crippen LogP contribution is 2.20. The molecule has 1 N–H and O–H groups in total. The molecule has 2 aromatic rings. The predicted molar refractivity (Wildman–Crippen MR) is 106 cm³/mol. The molecule has 0 atom stereocenters. The van der Waals surface area contributed by atoms with E-state index < -0.39 is 0 Å². The van der Waals surface area contributed by atoms with Crippen molar-refractivity contribution in [1.29, 1.82) is 0 Å². The van der Waals surface area contributed by atoms with Crippen molar-refractivity contribution in [2.45, 2.75) is 46.6 Å². The summed E-state index contributed by atoms with van der Waals surface area (Å²) in [5.74, 6) is 0. The molecule has 23 heavy (non-hydrogen) atoms. The molecule has 0 heterocycles. The Bertz CT molecular complexity index is 707. The van der Waals surface area contributed by atoms with Gasteiger partial charge in [-0.05, 0) is 62.1 Å². The topological polar surface area (TPSA) is 12.0 Å². The number of anilines is 1. The fraction of sp³-hybridized carbons (Fsp3) is 0.350. The van der Waals surface area contributed by atoms with Gasteiger partial charge in [0.25, 0.3) is 0 Å². The third kappa shape index (κ3) is 5.33. The van der Waals surface area contributed by atoms with Gasteiger partial charge in [-0.2, -0.15) is 0 Å². The molecule has 0 unspecified atom stereocenters. The van der Waals surface area contributed by atoms with E-state index in [1.54, 1.807) is 0 Å². The summed E-state index contributed by atoms with van der Waals surface area (Å²) in [5, 5.41) is 4.30. The standard InChI is InChI=1S/C20H24ClNS/c1-13(2)22-20-12-17(6-5-14(20)3)11-18(23)10-16-7-8-19(21)15(4)9-16/h5-9,12-13,22H,10-11H2,1-4H3. The van der Waals surface area contributed by atoms with Crippen molar-refractivity contribution in [3.05, 3.63) is 63.7 Å². The van der Waals surface area contributed by atoms with Crippen molar-refractivity contribution < 1.29 is 0 Å². The molecule has 0 saturated carbocycles. The molecule has 0 aliphatic carbocycles. The van der Waals surface area contributed by atoms with Gasteiger partial charge in [-0.15, -0.1) is 0 Å². The SMILES string of the molecule is Cc1cc(CC(=S)Cc2ccc(C)c(NC(C)C)c2)ccc1Cl. The molecule has 0 aromatic heterocycles. The summed E-state index contributed by atoms with van der Waals surface area (Å²) < 4.78 is 0. The van der Waals surface area contributed by atoms with Gasteiger partial charge < -0.3 is 5.32 Å². The van der Waals surface area contributed by atoms with Gasteiger partial charge in [0, 0.05) is 34.5 Å². The second-order valence-electron chi connectivity index (χ2n) is 6.42. The minimum Gasteiger partial charge on any atom is -0.383 e. The zero-order chi connectivity index (χ0) is 17.0. The van der Waals surface area contributed by atoms with Gasteiger partial charge in [-0.1, -0.05) is 48.1 Å². The lowest BCUT2D eigenvalue weighted by Gasteiger charge is -2.14. The lowest BCUT2D eigenvalue weighted by molar-refractivity contribution is 0.897. The van der Waals surface area contributed by atoms with E-state index in [1.165, 1.54) is 22.4 Å². The summed E-state index contributed by atoms with van der Waals surface area (Å²) in [4.78, 5) is 1.05. The van der Waals surface area contributed by atoms with Crippen LogP contribution in [0.15, 0.2) is 36.4 Å². The normalized spacial score (nSPS) is 10.9. The summed E-state index contributed by atoms with van der Waals surface area (Å²) in [7, 11) is 0. The molecule has 0 bridgehead atoms. The van der Waals surface area contributed by atoms with Crippen molar-refractivity contribution in [3.8, 4) is 0 Å². The van der Waals surface area contributed by atoms with E-state index in [0.717, 1.165) is 28.3 Å². The second kappa shape index (κ2) is 7.94. The lowest BCUT2D eigenvalue weighted by atomic mass is 10.0. The van der Waals surface area contributed by atoms with E-state index in [0.29, 0.717) is 6.04 Å². The zero-order valence-corrected chi connectivity index (χ0v) is 15.8. The molecule has 3 heteroatoms. The van der Waals surface area contributed by atoms with Gasteiger partial charge in [0.2, 0.25) is 0 Å². The van der Waals surface area contributed by atoms with Crippen LogP contribution in [0.5, 0.6) is 0 Å². The van der Waals surface area contributed by atoms with Crippen LogP contribution in [0.1, 0.15) is 36.1 Å². The van der Waals surface area contributed by atoms with Crippen LogP contribution in [-0.4, -0.2) is 10.9 Å². The molecular weight excluding hydrogens is 322 g/mol.